The second-order valence-electron chi connectivity index (χ2n) is 6.84. The highest BCUT2D eigenvalue weighted by atomic mass is 16.5. The molecule has 1 unspecified atom stereocenters. The number of ether oxygens (including phenoxy) is 2. The van der Waals surface area contributed by atoms with Gasteiger partial charge >= 0.3 is 12.0 Å². The first-order valence-electron chi connectivity index (χ1n) is 8.82. The average molecular weight is 353 g/mol. The molecule has 2 aliphatic rings. The van der Waals surface area contributed by atoms with Gasteiger partial charge in [0.15, 0.2) is 0 Å². The first-order chi connectivity index (χ1) is 12.8. The number of piperidine rings is 1. The fraction of sp³-hybridized carbons (Fsp3) is 0.368. The Labute approximate surface area is 149 Å². The highest BCUT2D eigenvalue weighted by Gasteiger charge is 2.34. The van der Waals surface area contributed by atoms with Gasteiger partial charge in [0, 0.05) is 36.5 Å². The molecule has 134 valence electrons. The summed E-state index contributed by atoms with van der Waals surface area (Å²) >= 11 is 0. The van der Waals surface area contributed by atoms with Gasteiger partial charge in [0.2, 0.25) is 0 Å². The Bertz CT molecular complexity index is 922. The van der Waals surface area contributed by atoms with Crippen molar-refractivity contribution in [3.05, 3.63) is 48.5 Å². The predicted molar refractivity (Wildman–Crippen MR) is 93.3 cm³/mol. The monoisotopic (exact) mass is 353 g/mol. The number of aromatic nitrogens is 2. The lowest BCUT2D eigenvalue weighted by atomic mass is 9.94. The Balaban J connectivity index is 1.44. The van der Waals surface area contributed by atoms with Gasteiger partial charge < -0.3 is 19.2 Å². The van der Waals surface area contributed by atoms with Crippen LogP contribution in [0.5, 0.6) is 0 Å². The molecule has 0 amide bonds. The van der Waals surface area contributed by atoms with Crippen LogP contribution >= 0.6 is 0 Å². The maximum atomic E-state index is 12.9. The Morgan fingerprint density at radius 1 is 1.23 bits per heavy atom. The van der Waals surface area contributed by atoms with E-state index < -0.39 is 0 Å². The number of carbonyl (C=O) groups is 1. The highest BCUT2D eigenvalue weighted by Crippen LogP contribution is 2.27. The van der Waals surface area contributed by atoms with Gasteiger partial charge in [-0.2, -0.15) is 0 Å². The van der Waals surface area contributed by atoms with Crippen LogP contribution in [-0.4, -0.2) is 46.9 Å². The number of hydrogen-bond acceptors (Lipinski definition) is 6. The molecule has 2 saturated heterocycles. The zero-order chi connectivity index (χ0) is 17.5. The lowest BCUT2D eigenvalue weighted by Gasteiger charge is -2.39. The summed E-state index contributed by atoms with van der Waals surface area (Å²) in [5.41, 5.74) is 1.39. The van der Waals surface area contributed by atoms with E-state index >= 15 is 0 Å². The fourth-order valence-corrected chi connectivity index (χ4v) is 3.93. The van der Waals surface area contributed by atoms with E-state index in [0.29, 0.717) is 24.8 Å². The zero-order valence-electron chi connectivity index (χ0n) is 14.1. The number of rotatable bonds is 3. The minimum absolute atomic E-state index is 0.0912. The molecule has 2 bridgehead atoms. The number of oxazole rings is 1. The molecular weight excluding hydrogens is 334 g/mol. The smallest absolute Gasteiger partial charge is 0.340 e. The third-order valence-corrected chi connectivity index (χ3v) is 5.04. The summed E-state index contributed by atoms with van der Waals surface area (Å²) in [4.78, 5) is 17.1. The normalized spacial score (nSPS) is 25.3. The van der Waals surface area contributed by atoms with Crippen molar-refractivity contribution < 1.29 is 18.7 Å². The molecule has 26 heavy (non-hydrogen) atoms. The van der Waals surface area contributed by atoms with Crippen molar-refractivity contribution in [2.45, 2.75) is 31.0 Å². The first kappa shape index (κ1) is 15.6. The predicted octanol–water partition coefficient (Wildman–Crippen LogP) is 2.29. The van der Waals surface area contributed by atoms with E-state index in [1.54, 1.807) is 17.0 Å². The van der Waals surface area contributed by atoms with Crippen molar-refractivity contribution in [2.24, 2.45) is 0 Å². The van der Waals surface area contributed by atoms with E-state index in [-0.39, 0.29) is 24.2 Å². The van der Waals surface area contributed by atoms with E-state index in [1.807, 2.05) is 24.3 Å². The van der Waals surface area contributed by atoms with Crippen LogP contribution in [0.2, 0.25) is 0 Å². The van der Waals surface area contributed by atoms with Gasteiger partial charge in [0.05, 0.1) is 30.5 Å². The molecule has 0 aliphatic carbocycles. The minimum atomic E-state index is -0.308. The maximum Gasteiger partial charge on any atom is 0.340 e. The molecule has 3 aromatic rings. The highest BCUT2D eigenvalue weighted by molar-refractivity contribution is 6.04. The molecule has 1 aromatic carbocycles. The summed E-state index contributed by atoms with van der Waals surface area (Å²) in [6, 6.07) is 8.62. The standard InChI is InChI=1S/C19H19N3O4/c23-18(26-14-7-12-10-24-11-13(8-14)21-12)16-9-22(19-20-5-6-25-19)17-4-2-1-3-15(16)17/h1-6,9,12-14,21H,7-8,10-11H2/t12-,13+,14?. The number of carbonyl (C=O) groups excluding carboxylic acids is 1. The van der Waals surface area contributed by atoms with E-state index in [4.69, 9.17) is 13.9 Å². The molecule has 5 rings (SSSR count). The van der Waals surface area contributed by atoms with Crippen molar-refractivity contribution in [1.29, 1.82) is 0 Å². The average Bonchev–Trinajstić information content (AvgIpc) is 3.29. The van der Waals surface area contributed by atoms with Crippen molar-refractivity contribution >= 4 is 16.9 Å². The van der Waals surface area contributed by atoms with Gasteiger partial charge in [0.25, 0.3) is 0 Å². The molecule has 2 fully saturated rings. The second kappa shape index (κ2) is 6.26. The van der Waals surface area contributed by atoms with Gasteiger partial charge in [-0.25, -0.2) is 9.78 Å². The van der Waals surface area contributed by atoms with Crippen LogP contribution in [0.15, 0.2) is 47.3 Å². The van der Waals surface area contributed by atoms with E-state index in [1.165, 1.54) is 6.26 Å². The maximum absolute atomic E-state index is 12.9. The quantitative estimate of drug-likeness (QED) is 0.728. The van der Waals surface area contributed by atoms with Gasteiger partial charge in [-0.1, -0.05) is 18.2 Å². The molecular formula is C19H19N3O4. The molecule has 3 atom stereocenters. The summed E-state index contributed by atoms with van der Waals surface area (Å²) in [6.45, 7) is 1.35. The Morgan fingerprint density at radius 3 is 2.81 bits per heavy atom. The molecule has 4 heterocycles. The van der Waals surface area contributed by atoms with Gasteiger partial charge in [0.1, 0.15) is 12.4 Å². The third kappa shape index (κ3) is 2.69. The van der Waals surface area contributed by atoms with E-state index in [2.05, 4.69) is 10.3 Å². The molecule has 0 spiro atoms. The lowest BCUT2D eigenvalue weighted by Crippen LogP contribution is -2.56. The molecule has 2 aromatic heterocycles. The van der Waals surface area contributed by atoms with E-state index in [0.717, 1.165) is 23.7 Å². The Hall–Kier alpha value is -2.64. The summed E-state index contributed by atoms with van der Waals surface area (Å²) in [5, 5.41) is 4.33. The third-order valence-electron chi connectivity index (χ3n) is 5.04. The van der Waals surface area contributed by atoms with Crippen LogP contribution in [0, 0.1) is 0 Å². The van der Waals surface area contributed by atoms with Gasteiger partial charge in [-0.05, 0) is 6.07 Å². The molecule has 7 nitrogen and oxygen atoms in total. The van der Waals surface area contributed by atoms with Crippen LogP contribution in [-0.2, 0) is 9.47 Å². The van der Waals surface area contributed by atoms with E-state index in [9.17, 15) is 4.79 Å². The molecule has 1 N–H and O–H groups in total. The van der Waals surface area contributed by atoms with Gasteiger partial charge in [-0.3, -0.25) is 4.57 Å². The zero-order valence-corrected chi connectivity index (χ0v) is 14.1. The number of nitrogens with zero attached hydrogens (tertiary/aromatic N) is 2. The summed E-state index contributed by atoms with van der Waals surface area (Å²) in [6.07, 6.45) is 6.30. The number of hydrogen-bond donors (Lipinski definition) is 1. The Kier molecular flexibility index (Phi) is 3.76. The van der Waals surface area contributed by atoms with Crippen LogP contribution in [0.3, 0.4) is 0 Å². The van der Waals surface area contributed by atoms with Crippen molar-refractivity contribution in [2.75, 3.05) is 13.2 Å². The number of benzene rings is 1. The van der Waals surface area contributed by atoms with Crippen LogP contribution in [0.1, 0.15) is 23.2 Å². The van der Waals surface area contributed by atoms with Crippen molar-refractivity contribution in [3.8, 4) is 6.01 Å². The Morgan fingerprint density at radius 2 is 2.04 bits per heavy atom. The van der Waals surface area contributed by atoms with Crippen molar-refractivity contribution in [3.63, 3.8) is 0 Å². The largest absolute Gasteiger partial charge is 0.459 e. The number of fused-ring (bicyclic) bond motifs is 3. The number of esters is 1. The lowest BCUT2D eigenvalue weighted by molar-refractivity contribution is -0.0339. The second-order valence-corrected chi connectivity index (χ2v) is 6.84. The van der Waals surface area contributed by atoms with Crippen LogP contribution in [0.4, 0.5) is 0 Å². The summed E-state index contributed by atoms with van der Waals surface area (Å²) < 4.78 is 18.6. The van der Waals surface area contributed by atoms with Gasteiger partial charge in [-0.15, -0.1) is 0 Å². The summed E-state index contributed by atoms with van der Waals surface area (Å²) in [5.74, 6) is -0.308. The molecule has 0 radical (unpaired) electrons. The SMILES string of the molecule is O=C(OC1C[C@H]2COC[C@@H](C1)N2)c1cn(-c2ncco2)c2ccccc12. The van der Waals surface area contributed by atoms with Crippen LogP contribution < -0.4 is 5.32 Å². The molecule has 2 aliphatic heterocycles. The topological polar surface area (TPSA) is 78.5 Å². The first-order valence-corrected chi connectivity index (χ1v) is 8.82. The number of morpholine rings is 1. The molecule has 0 saturated carbocycles. The minimum Gasteiger partial charge on any atom is -0.459 e. The van der Waals surface area contributed by atoms with Crippen molar-refractivity contribution in [1.82, 2.24) is 14.9 Å². The number of para-hydroxylation sites is 1. The van der Waals surface area contributed by atoms with Crippen LogP contribution in [0.25, 0.3) is 16.9 Å². The fourth-order valence-electron chi connectivity index (χ4n) is 3.93. The number of nitrogens with one attached hydrogen (secondary N) is 1. The molecule has 7 heteroatoms. The summed E-state index contributed by atoms with van der Waals surface area (Å²) in [7, 11) is 0.